The minimum absolute atomic E-state index is 0.184. The summed E-state index contributed by atoms with van der Waals surface area (Å²) in [6.07, 6.45) is 3.50. The van der Waals surface area contributed by atoms with E-state index in [1.54, 1.807) is 41.4 Å². The Kier molecular flexibility index (Phi) is 6.90. The van der Waals surface area contributed by atoms with Gasteiger partial charge in [-0.3, -0.25) is 9.59 Å². The Bertz CT molecular complexity index is 1210. The van der Waals surface area contributed by atoms with Crippen molar-refractivity contribution in [3.8, 4) is 5.82 Å². The molecule has 0 radical (unpaired) electrons. The van der Waals surface area contributed by atoms with Crippen LogP contribution in [0, 0.1) is 0 Å². The van der Waals surface area contributed by atoms with Gasteiger partial charge in [0.1, 0.15) is 10.3 Å². The second-order valence-electron chi connectivity index (χ2n) is 7.16. The van der Waals surface area contributed by atoms with E-state index < -0.39 is 5.91 Å². The molecule has 11 heteroatoms. The van der Waals surface area contributed by atoms with Crippen LogP contribution >= 0.6 is 55.1 Å². The lowest BCUT2D eigenvalue weighted by molar-refractivity contribution is 0.0753. The van der Waals surface area contributed by atoms with Crippen molar-refractivity contribution in [3.63, 3.8) is 0 Å². The summed E-state index contributed by atoms with van der Waals surface area (Å²) in [5.74, 6) is -0.366. The highest BCUT2D eigenvalue weighted by molar-refractivity contribution is 9.10. The van der Waals surface area contributed by atoms with Gasteiger partial charge < -0.3 is 10.2 Å². The first-order valence-corrected chi connectivity index (χ1v) is 12.1. The Labute approximate surface area is 211 Å². The van der Waals surface area contributed by atoms with E-state index in [1.165, 1.54) is 4.68 Å². The number of aromatic nitrogens is 3. The molecule has 7 nitrogen and oxygen atoms in total. The summed E-state index contributed by atoms with van der Waals surface area (Å²) in [7, 11) is 0. The van der Waals surface area contributed by atoms with Crippen LogP contribution in [0.5, 0.6) is 0 Å². The Balaban J connectivity index is 1.72. The molecule has 2 heterocycles. The van der Waals surface area contributed by atoms with Crippen molar-refractivity contribution in [2.24, 2.45) is 0 Å². The van der Waals surface area contributed by atoms with Gasteiger partial charge >= 0.3 is 0 Å². The number of halogens is 4. The molecule has 32 heavy (non-hydrogen) atoms. The van der Waals surface area contributed by atoms with E-state index in [0.717, 1.165) is 12.8 Å². The number of carbonyl (C=O) groups excluding carboxylic acids is 2. The average molecular weight is 602 g/mol. The van der Waals surface area contributed by atoms with Crippen molar-refractivity contribution < 1.29 is 9.59 Å². The molecule has 1 aliphatic carbocycles. The second kappa shape index (κ2) is 9.51. The summed E-state index contributed by atoms with van der Waals surface area (Å²) in [4.78, 5) is 32.6. The molecule has 0 bridgehead atoms. The number of nitrogens with zero attached hydrogens (tertiary/aromatic N) is 4. The van der Waals surface area contributed by atoms with E-state index in [2.05, 4.69) is 47.3 Å². The third kappa shape index (κ3) is 4.71. The van der Waals surface area contributed by atoms with Gasteiger partial charge in [0, 0.05) is 34.3 Å². The highest BCUT2D eigenvalue weighted by Gasteiger charge is 2.33. The minimum Gasteiger partial charge on any atom is -0.336 e. The monoisotopic (exact) mass is 599 g/mol. The van der Waals surface area contributed by atoms with Crippen molar-refractivity contribution >= 4 is 72.6 Å². The number of hydrogen-bond acceptors (Lipinski definition) is 4. The Morgan fingerprint density at radius 3 is 2.66 bits per heavy atom. The predicted octanol–water partition coefficient (Wildman–Crippen LogP) is 5.98. The van der Waals surface area contributed by atoms with Crippen molar-refractivity contribution in [1.29, 1.82) is 0 Å². The molecule has 4 rings (SSSR count). The molecule has 1 N–H and O–H groups in total. The average Bonchev–Trinajstić information content (AvgIpc) is 3.51. The Morgan fingerprint density at radius 1 is 1.25 bits per heavy atom. The molecule has 1 aliphatic rings. The van der Waals surface area contributed by atoms with Crippen molar-refractivity contribution in [1.82, 2.24) is 19.7 Å². The van der Waals surface area contributed by atoms with E-state index in [9.17, 15) is 9.59 Å². The molecule has 0 spiro atoms. The fraction of sp³-hybridized carbons (Fsp3) is 0.238. The van der Waals surface area contributed by atoms with Gasteiger partial charge in [-0.1, -0.05) is 23.2 Å². The molecule has 1 fully saturated rings. The number of anilines is 1. The van der Waals surface area contributed by atoms with Crippen LogP contribution in [0.3, 0.4) is 0 Å². The van der Waals surface area contributed by atoms with Gasteiger partial charge in [0.25, 0.3) is 11.8 Å². The smallest absolute Gasteiger partial charge is 0.274 e. The number of benzene rings is 1. The van der Waals surface area contributed by atoms with Crippen molar-refractivity contribution in [2.75, 3.05) is 11.9 Å². The van der Waals surface area contributed by atoms with E-state index in [-0.39, 0.29) is 17.6 Å². The fourth-order valence-corrected chi connectivity index (χ4v) is 4.85. The van der Waals surface area contributed by atoms with Crippen molar-refractivity contribution in [2.45, 2.75) is 25.8 Å². The third-order valence-electron chi connectivity index (χ3n) is 4.96. The number of rotatable bonds is 6. The van der Waals surface area contributed by atoms with Crippen LogP contribution in [0.1, 0.15) is 40.6 Å². The normalized spacial score (nSPS) is 13.2. The zero-order valence-electron chi connectivity index (χ0n) is 16.8. The van der Waals surface area contributed by atoms with E-state index in [1.807, 2.05) is 6.92 Å². The van der Waals surface area contributed by atoms with Crippen LogP contribution in [-0.2, 0) is 0 Å². The third-order valence-corrected chi connectivity index (χ3v) is 6.49. The molecule has 1 saturated carbocycles. The molecule has 0 unspecified atom stereocenters. The summed E-state index contributed by atoms with van der Waals surface area (Å²) < 4.78 is 2.27. The Hall–Kier alpha value is -1.94. The van der Waals surface area contributed by atoms with Gasteiger partial charge in [-0.15, -0.1) is 0 Å². The minimum atomic E-state index is -0.489. The van der Waals surface area contributed by atoms with Gasteiger partial charge in [-0.2, -0.15) is 5.10 Å². The Morgan fingerprint density at radius 2 is 2.00 bits per heavy atom. The van der Waals surface area contributed by atoms with Crippen LogP contribution in [0.4, 0.5) is 5.69 Å². The zero-order chi connectivity index (χ0) is 23.0. The maximum absolute atomic E-state index is 13.3. The number of amides is 2. The maximum Gasteiger partial charge on any atom is 0.274 e. The molecule has 166 valence electrons. The summed E-state index contributed by atoms with van der Waals surface area (Å²) in [6.45, 7) is 2.50. The zero-order valence-corrected chi connectivity index (χ0v) is 21.5. The quantitative estimate of drug-likeness (QED) is 0.377. The fourth-order valence-electron chi connectivity index (χ4n) is 3.36. The molecule has 0 aliphatic heterocycles. The SMILES string of the molecule is CCN(C(=O)c1cc(Cl)cc(Br)c1NC(=O)c1cc(Br)nn1-c1ncccc1Cl)C1CC1. The van der Waals surface area contributed by atoms with E-state index in [4.69, 9.17) is 23.2 Å². The molecule has 2 amide bonds. The second-order valence-corrected chi connectivity index (χ2v) is 9.67. The van der Waals surface area contributed by atoms with Crippen LogP contribution < -0.4 is 5.32 Å². The highest BCUT2D eigenvalue weighted by Crippen LogP contribution is 2.35. The summed E-state index contributed by atoms with van der Waals surface area (Å²) in [6, 6.07) is 8.31. The highest BCUT2D eigenvalue weighted by atomic mass is 79.9. The van der Waals surface area contributed by atoms with Crippen molar-refractivity contribution in [3.05, 3.63) is 66.9 Å². The lowest BCUT2D eigenvalue weighted by Gasteiger charge is -2.23. The maximum atomic E-state index is 13.3. The molecule has 0 saturated heterocycles. The lowest BCUT2D eigenvalue weighted by atomic mass is 10.1. The topological polar surface area (TPSA) is 80.1 Å². The summed E-state index contributed by atoms with van der Waals surface area (Å²) >= 11 is 19.2. The molecule has 1 aromatic carbocycles. The molecular weight excluding hydrogens is 585 g/mol. The van der Waals surface area contributed by atoms with Crippen LogP contribution in [0.15, 0.2) is 45.6 Å². The van der Waals surface area contributed by atoms with Gasteiger partial charge in [0.2, 0.25) is 0 Å². The molecule has 3 aromatic rings. The summed E-state index contributed by atoms with van der Waals surface area (Å²) in [5, 5.41) is 7.85. The molecular formula is C21H17Br2Cl2N5O2. The number of hydrogen-bond donors (Lipinski definition) is 1. The van der Waals surface area contributed by atoms with Gasteiger partial charge in [0.15, 0.2) is 5.82 Å². The van der Waals surface area contributed by atoms with Crippen LogP contribution in [0.25, 0.3) is 5.82 Å². The number of pyridine rings is 1. The summed E-state index contributed by atoms with van der Waals surface area (Å²) in [5.41, 5.74) is 0.833. The van der Waals surface area contributed by atoms with E-state index >= 15 is 0 Å². The molecule has 0 atom stereocenters. The van der Waals surface area contributed by atoms with Gasteiger partial charge in [-0.25, -0.2) is 9.67 Å². The number of carbonyl (C=O) groups is 2. The lowest BCUT2D eigenvalue weighted by Crippen LogP contribution is -2.33. The van der Waals surface area contributed by atoms with Crippen LogP contribution in [-0.4, -0.2) is 44.1 Å². The predicted molar refractivity (Wildman–Crippen MR) is 131 cm³/mol. The first kappa shape index (κ1) is 23.2. The number of nitrogens with one attached hydrogen (secondary N) is 1. The largest absolute Gasteiger partial charge is 0.336 e. The van der Waals surface area contributed by atoms with Gasteiger partial charge in [-0.05, 0) is 75.9 Å². The first-order valence-electron chi connectivity index (χ1n) is 9.78. The first-order chi connectivity index (χ1) is 15.3. The van der Waals surface area contributed by atoms with Crippen LogP contribution in [0.2, 0.25) is 10.0 Å². The standard InChI is InChI=1S/C21H17Br2Cl2N5O2/c1-2-29(12-5-6-12)21(32)13-8-11(24)9-14(22)18(13)27-20(31)16-10-17(23)28-30(16)19-15(25)4-3-7-26-19/h3-4,7-10,12H,2,5-6H2,1H3,(H,27,31). The molecule has 2 aromatic heterocycles. The van der Waals surface area contributed by atoms with E-state index in [0.29, 0.717) is 42.7 Å². The van der Waals surface area contributed by atoms with Gasteiger partial charge in [0.05, 0.1) is 16.3 Å².